The first kappa shape index (κ1) is 17.9. The molecule has 25 heavy (non-hydrogen) atoms. The third-order valence-corrected chi connectivity index (χ3v) is 5.28. The van der Waals surface area contributed by atoms with Crippen molar-refractivity contribution >= 4 is 11.8 Å². The summed E-state index contributed by atoms with van der Waals surface area (Å²) in [5.41, 5.74) is 1.21. The van der Waals surface area contributed by atoms with Crippen molar-refractivity contribution in [2.24, 2.45) is 5.92 Å². The summed E-state index contributed by atoms with van der Waals surface area (Å²) in [7, 11) is 0. The van der Waals surface area contributed by atoms with Gasteiger partial charge in [-0.05, 0) is 50.1 Å². The van der Waals surface area contributed by atoms with Crippen LogP contribution < -0.4 is 10.6 Å². The molecule has 1 aromatic carbocycles. The number of benzene rings is 1. The predicted molar refractivity (Wildman–Crippen MR) is 98.1 cm³/mol. The number of likely N-dealkylation sites (tertiary alicyclic amines) is 1. The molecule has 0 spiro atoms. The molecule has 2 aliphatic heterocycles. The molecule has 2 amide bonds. The van der Waals surface area contributed by atoms with Crippen LogP contribution in [0.15, 0.2) is 30.3 Å². The zero-order valence-electron chi connectivity index (χ0n) is 14.9. The van der Waals surface area contributed by atoms with Gasteiger partial charge >= 0.3 is 0 Å². The Labute approximate surface area is 150 Å². The highest BCUT2D eigenvalue weighted by atomic mass is 16.2. The van der Waals surface area contributed by atoms with Crippen LogP contribution >= 0.6 is 0 Å². The van der Waals surface area contributed by atoms with Gasteiger partial charge in [0.25, 0.3) is 0 Å². The molecule has 5 nitrogen and oxygen atoms in total. The maximum Gasteiger partial charge on any atom is 0.237 e. The van der Waals surface area contributed by atoms with Crippen molar-refractivity contribution in [2.45, 2.75) is 44.6 Å². The van der Waals surface area contributed by atoms with Crippen molar-refractivity contribution in [1.29, 1.82) is 0 Å². The van der Waals surface area contributed by atoms with Gasteiger partial charge in [0.1, 0.15) is 0 Å². The van der Waals surface area contributed by atoms with Gasteiger partial charge in [-0.25, -0.2) is 0 Å². The summed E-state index contributed by atoms with van der Waals surface area (Å²) in [4.78, 5) is 26.6. The van der Waals surface area contributed by atoms with E-state index in [9.17, 15) is 9.59 Å². The second kappa shape index (κ2) is 8.99. The molecule has 0 radical (unpaired) electrons. The zero-order chi connectivity index (χ0) is 17.5. The predicted octanol–water partition coefficient (Wildman–Crippen LogP) is 1.73. The largest absolute Gasteiger partial charge is 0.354 e. The van der Waals surface area contributed by atoms with Crippen LogP contribution in [-0.2, 0) is 16.0 Å². The second-order valence-corrected chi connectivity index (χ2v) is 7.23. The minimum Gasteiger partial charge on any atom is -0.354 e. The lowest BCUT2D eigenvalue weighted by Gasteiger charge is -2.33. The van der Waals surface area contributed by atoms with E-state index in [1.165, 1.54) is 5.56 Å². The maximum atomic E-state index is 12.5. The number of carbonyl (C=O) groups is 2. The molecule has 2 fully saturated rings. The first-order valence-electron chi connectivity index (χ1n) is 9.55. The van der Waals surface area contributed by atoms with Crippen LogP contribution in [-0.4, -0.2) is 48.9 Å². The Morgan fingerprint density at radius 2 is 2.00 bits per heavy atom. The average molecular weight is 343 g/mol. The van der Waals surface area contributed by atoms with Gasteiger partial charge < -0.3 is 15.5 Å². The van der Waals surface area contributed by atoms with Crippen molar-refractivity contribution in [1.82, 2.24) is 15.5 Å². The number of nitrogens with zero attached hydrogens (tertiary/aromatic N) is 1. The summed E-state index contributed by atoms with van der Waals surface area (Å²) in [5, 5.41) is 6.30. The molecule has 0 aliphatic carbocycles. The molecule has 3 rings (SSSR count). The van der Waals surface area contributed by atoms with E-state index >= 15 is 0 Å². The van der Waals surface area contributed by atoms with Crippen molar-refractivity contribution in [3.05, 3.63) is 35.9 Å². The molecular weight excluding hydrogens is 314 g/mol. The van der Waals surface area contributed by atoms with Gasteiger partial charge in [-0.2, -0.15) is 0 Å². The minimum absolute atomic E-state index is 0.0211. The topological polar surface area (TPSA) is 61.4 Å². The van der Waals surface area contributed by atoms with E-state index in [1.54, 1.807) is 0 Å². The molecule has 5 heteroatoms. The van der Waals surface area contributed by atoms with Gasteiger partial charge in [0.05, 0.1) is 6.04 Å². The van der Waals surface area contributed by atoms with E-state index in [2.05, 4.69) is 22.8 Å². The van der Waals surface area contributed by atoms with Gasteiger partial charge in [-0.1, -0.05) is 30.3 Å². The van der Waals surface area contributed by atoms with Gasteiger partial charge in [0.15, 0.2) is 0 Å². The molecule has 136 valence electrons. The Morgan fingerprint density at radius 3 is 2.76 bits per heavy atom. The molecule has 0 aromatic heterocycles. The van der Waals surface area contributed by atoms with Gasteiger partial charge in [0.2, 0.25) is 11.8 Å². The molecule has 0 bridgehead atoms. The number of hydrogen-bond acceptors (Lipinski definition) is 3. The molecule has 2 atom stereocenters. The standard InChI is InChI=1S/C20H29N3O2/c24-19(11-10-16-6-2-1-3-7-16)23-13-5-8-17(15-23)14-22-20(25)18-9-4-12-21-18/h1-3,6-7,17-18,21H,4-5,8-15H2,(H,22,25)/t17-,18-/m0/s1. The van der Waals surface area contributed by atoms with Crippen molar-refractivity contribution in [3.8, 4) is 0 Å². The molecule has 0 saturated carbocycles. The highest BCUT2D eigenvalue weighted by Gasteiger charge is 2.26. The van der Waals surface area contributed by atoms with E-state index in [1.807, 2.05) is 23.1 Å². The summed E-state index contributed by atoms with van der Waals surface area (Å²) < 4.78 is 0. The zero-order valence-corrected chi connectivity index (χ0v) is 14.9. The number of piperidine rings is 1. The number of hydrogen-bond donors (Lipinski definition) is 2. The Kier molecular flexibility index (Phi) is 6.45. The van der Waals surface area contributed by atoms with Crippen LogP contribution in [0.25, 0.3) is 0 Å². The first-order chi connectivity index (χ1) is 12.2. The Bertz CT molecular complexity index is 570. The number of aryl methyl sites for hydroxylation is 1. The van der Waals surface area contributed by atoms with Crippen LogP contribution in [0.2, 0.25) is 0 Å². The van der Waals surface area contributed by atoms with E-state index in [4.69, 9.17) is 0 Å². The molecule has 2 saturated heterocycles. The quantitative estimate of drug-likeness (QED) is 0.827. The summed E-state index contributed by atoms with van der Waals surface area (Å²) in [6.45, 7) is 3.24. The molecule has 2 heterocycles. The van der Waals surface area contributed by atoms with Crippen LogP contribution in [0.1, 0.15) is 37.7 Å². The van der Waals surface area contributed by atoms with Gasteiger partial charge in [-0.15, -0.1) is 0 Å². The minimum atomic E-state index is -0.0211. The fourth-order valence-electron chi connectivity index (χ4n) is 3.79. The van der Waals surface area contributed by atoms with Crippen molar-refractivity contribution < 1.29 is 9.59 Å². The van der Waals surface area contributed by atoms with Gasteiger partial charge in [-0.3, -0.25) is 9.59 Å². The van der Waals surface area contributed by atoms with Crippen molar-refractivity contribution in [2.75, 3.05) is 26.2 Å². The normalized spacial score (nSPS) is 23.4. The maximum absolute atomic E-state index is 12.5. The Hall–Kier alpha value is -1.88. The van der Waals surface area contributed by atoms with E-state index in [-0.39, 0.29) is 17.9 Å². The molecule has 0 unspecified atom stereocenters. The smallest absolute Gasteiger partial charge is 0.237 e. The highest BCUT2D eigenvalue weighted by Crippen LogP contribution is 2.17. The van der Waals surface area contributed by atoms with E-state index in [0.29, 0.717) is 18.9 Å². The molecular formula is C20H29N3O2. The van der Waals surface area contributed by atoms with E-state index < -0.39 is 0 Å². The van der Waals surface area contributed by atoms with Crippen LogP contribution in [0.4, 0.5) is 0 Å². The summed E-state index contributed by atoms with van der Waals surface area (Å²) in [5.74, 6) is 0.724. The molecule has 2 aliphatic rings. The van der Waals surface area contributed by atoms with E-state index in [0.717, 1.165) is 51.7 Å². The third kappa shape index (κ3) is 5.30. The summed E-state index contributed by atoms with van der Waals surface area (Å²) >= 11 is 0. The van der Waals surface area contributed by atoms with Crippen LogP contribution in [0.5, 0.6) is 0 Å². The average Bonchev–Trinajstić information content (AvgIpc) is 3.20. The fraction of sp³-hybridized carbons (Fsp3) is 0.600. The number of amides is 2. The third-order valence-electron chi connectivity index (χ3n) is 5.28. The number of carbonyl (C=O) groups excluding carboxylic acids is 2. The molecule has 1 aromatic rings. The summed E-state index contributed by atoms with van der Waals surface area (Å²) in [6.07, 6.45) is 5.48. The fourth-order valence-corrected chi connectivity index (χ4v) is 3.79. The second-order valence-electron chi connectivity index (χ2n) is 7.23. The first-order valence-corrected chi connectivity index (χ1v) is 9.55. The van der Waals surface area contributed by atoms with Crippen LogP contribution in [0, 0.1) is 5.92 Å². The monoisotopic (exact) mass is 343 g/mol. The van der Waals surface area contributed by atoms with Crippen LogP contribution in [0.3, 0.4) is 0 Å². The Balaban J connectivity index is 1.40. The van der Waals surface area contributed by atoms with Gasteiger partial charge in [0, 0.05) is 26.1 Å². The Morgan fingerprint density at radius 1 is 1.16 bits per heavy atom. The SMILES string of the molecule is O=C(NC[C@@H]1CCCN(C(=O)CCc2ccccc2)C1)[C@@H]1CCCN1. The number of nitrogens with one attached hydrogen (secondary N) is 2. The highest BCUT2D eigenvalue weighted by molar-refractivity contribution is 5.82. The number of rotatable bonds is 6. The lowest BCUT2D eigenvalue weighted by molar-refractivity contribution is -0.132. The lowest BCUT2D eigenvalue weighted by Crippen LogP contribution is -2.46. The molecule has 2 N–H and O–H groups in total. The summed E-state index contributed by atoms with van der Waals surface area (Å²) in [6, 6.07) is 10.1. The lowest BCUT2D eigenvalue weighted by atomic mass is 9.97. The van der Waals surface area contributed by atoms with Crippen molar-refractivity contribution in [3.63, 3.8) is 0 Å².